The number of aryl methyl sites for hydroxylation is 3. The zero-order chi connectivity index (χ0) is 16.9. The van der Waals surface area contributed by atoms with Crippen molar-refractivity contribution in [3.63, 3.8) is 0 Å². The molecule has 0 heterocycles. The Bertz CT molecular complexity index is 613. The topological polar surface area (TPSA) is 0 Å². The Morgan fingerprint density at radius 1 is 0.565 bits per heavy atom. The minimum absolute atomic E-state index is 1.15. The van der Waals surface area contributed by atoms with Gasteiger partial charge in [0.15, 0.2) is 0 Å². The van der Waals surface area contributed by atoms with Gasteiger partial charge in [0.25, 0.3) is 0 Å². The Morgan fingerprint density at radius 3 is 1.39 bits per heavy atom. The average molecular weight is 304 g/mol. The van der Waals surface area contributed by atoms with E-state index in [0.29, 0.717) is 0 Å². The fraction of sp³-hybridized carbons (Fsp3) is 0.217. The second-order valence-electron chi connectivity index (χ2n) is 5.52. The van der Waals surface area contributed by atoms with Crippen LogP contribution in [-0.2, 0) is 6.42 Å². The van der Waals surface area contributed by atoms with E-state index >= 15 is 0 Å². The third-order valence-corrected chi connectivity index (χ3v) is 3.70. The van der Waals surface area contributed by atoms with Crippen LogP contribution in [0.1, 0.15) is 29.2 Å². The lowest BCUT2D eigenvalue weighted by Gasteiger charge is -2.04. The van der Waals surface area contributed by atoms with Gasteiger partial charge in [-0.2, -0.15) is 0 Å². The van der Waals surface area contributed by atoms with Gasteiger partial charge in [0.05, 0.1) is 0 Å². The van der Waals surface area contributed by atoms with Gasteiger partial charge in [-0.25, -0.2) is 0 Å². The van der Waals surface area contributed by atoms with Crippen LogP contribution in [0.2, 0.25) is 0 Å². The van der Waals surface area contributed by atoms with Gasteiger partial charge in [0.1, 0.15) is 0 Å². The fourth-order valence-electron chi connectivity index (χ4n) is 2.11. The Morgan fingerprint density at radius 2 is 1.04 bits per heavy atom. The SMILES string of the molecule is CCc1cccc(C)c1C.Cc1ccccc1.c1ccccc1. The van der Waals surface area contributed by atoms with E-state index < -0.39 is 0 Å². The van der Waals surface area contributed by atoms with Crippen LogP contribution >= 0.6 is 0 Å². The van der Waals surface area contributed by atoms with Gasteiger partial charge in [-0.05, 0) is 43.9 Å². The molecular weight excluding hydrogens is 276 g/mol. The summed E-state index contributed by atoms with van der Waals surface area (Å²) < 4.78 is 0. The quantitative estimate of drug-likeness (QED) is 0.478. The van der Waals surface area contributed by atoms with Crippen molar-refractivity contribution in [1.82, 2.24) is 0 Å². The van der Waals surface area contributed by atoms with E-state index in [0.717, 1.165) is 6.42 Å². The van der Waals surface area contributed by atoms with Crippen molar-refractivity contribution >= 4 is 0 Å². The summed E-state index contributed by atoms with van der Waals surface area (Å²) in [5.74, 6) is 0. The molecule has 0 aromatic heterocycles. The first-order chi connectivity index (χ1) is 11.1. The minimum Gasteiger partial charge on any atom is -0.0623 e. The highest BCUT2D eigenvalue weighted by Gasteiger charge is 1.95. The van der Waals surface area contributed by atoms with Crippen molar-refractivity contribution in [1.29, 1.82) is 0 Å². The molecule has 0 nitrogen and oxygen atoms in total. The van der Waals surface area contributed by atoms with Crippen molar-refractivity contribution in [3.8, 4) is 0 Å². The second kappa shape index (κ2) is 11.3. The molecule has 0 heteroatoms. The largest absolute Gasteiger partial charge is 0.0623 e. The molecular formula is C23H28. The maximum absolute atomic E-state index is 2.20. The summed E-state index contributed by atoms with van der Waals surface area (Å²) in [4.78, 5) is 0. The molecule has 0 bridgehead atoms. The van der Waals surface area contributed by atoms with Crippen LogP contribution < -0.4 is 0 Å². The molecule has 0 radical (unpaired) electrons. The molecule has 23 heavy (non-hydrogen) atoms. The lowest BCUT2D eigenvalue weighted by atomic mass is 10.0. The normalized spacial score (nSPS) is 9.04. The minimum atomic E-state index is 1.15. The van der Waals surface area contributed by atoms with Crippen molar-refractivity contribution in [2.75, 3.05) is 0 Å². The van der Waals surface area contributed by atoms with Gasteiger partial charge in [0.2, 0.25) is 0 Å². The predicted octanol–water partition coefficient (Wildman–Crippen LogP) is 6.55. The van der Waals surface area contributed by atoms with Gasteiger partial charge < -0.3 is 0 Å². The molecule has 0 aliphatic carbocycles. The number of hydrogen-bond donors (Lipinski definition) is 0. The second-order valence-corrected chi connectivity index (χ2v) is 5.52. The molecule has 0 saturated carbocycles. The molecule has 0 aliphatic heterocycles. The Balaban J connectivity index is 0.000000179. The Kier molecular flexibility index (Phi) is 9.16. The van der Waals surface area contributed by atoms with Gasteiger partial charge in [-0.3, -0.25) is 0 Å². The van der Waals surface area contributed by atoms with Crippen LogP contribution in [0.5, 0.6) is 0 Å². The number of benzene rings is 3. The molecule has 0 saturated heterocycles. The summed E-state index contributed by atoms with van der Waals surface area (Å²) in [6.07, 6.45) is 1.15. The van der Waals surface area contributed by atoms with Crippen LogP contribution in [0.3, 0.4) is 0 Å². The molecule has 0 atom stereocenters. The molecule has 0 aliphatic rings. The monoisotopic (exact) mass is 304 g/mol. The Labute approximate surface area is 141 Å². The van der Waals surface area contributed by atoms with Crippen molar-refractivity contribution < 1.29 is 0 Å². The highest BCUT2D eigenvalue weighted by atomic mass is 14.0. The van der Waals surface area contributed by atoms with Crippen molar-refractivity contribution in [3.05, 3.63) is 107 Å². The summed E-state index contributed by atoms with van der Waals surface area (Å²) in [6.45, 7) is 8.63. The molecule has 3 aromatic carbocycles. The molecule has 3 rings (SSSR count). The zero-order valence-corrected chi connectivity index (χ0v) is 14.8. The van der Waals surface area contributed by atoms with E-state index in [2.05, 4.69) is 58.0 Å². The van der Waals surface area contributed by atoms with E-state index in [4.69, 9.17) is 0 Å². The third-order valence-electron chi connectivity index (χ3n) is 3.70. The van der Waals surface area contributed by atoms with Crippen LogP contribution in [-0.4, -0.2) is 0 Å². The molecule has 0 amide bonds. The zero-order valence-electron chi connectivity index (χ0n) is 14.8. The maximum Gasteiger partial charge on any atom is -0.0305 e. The molecule has 0 spiro atoms. The molecule has 0 fully saturated rings. The summed E-state index contributed by atoms with van der Waals surface area (Å²) in [6, 6.07) is 28.7. The highest BCUT2D eigenvalue weighted by molar-refractivity contribution is 5.32. The summed E-state index contributed by atoms with van der Waals surface area (Å²) in [5.41, 5.74) is 5.65. The van der Waals surface area contributed by atoms with Crippen LogP contribution in [0.15, 0.2) is 84.9 Å². The molecule has 3 aromatic rings. The first-order valence-corrected chi connectivity index (χ1v) is 8.22. The first-order valence-electron chi connectivity index (χ1n) is 8.22. The number of hydrogen-bond acceptors (Lipinski definition) is 0. The summed E-state index contributed by atoms with van der Waals surface area (Å²) >= 11 is 0. The van der Waals surface area contributed by atoms with E-state index in [1.54, 1.807) is 0 Å². The smallest absolute Gasteiger partial charge is 0.0305 e. The lowest BCUT2D eigenvalue weighted by molar-refractivity contribution is 1.09. The fourth-order valence-corrected chi connectivity index (χ4v) is 2.11. The molecule has 0 unspecified atom stereocenters. The summed E-state index contributed by atoms with van der Waals surface area (Å²) in [7, 11) is 0. The standard InChI is InChI=1S/C10H14.C7H8.C6H6/c1-4-10-7-5-6-8(2)9(10)3;1-7-5-3-2-4-6-7;1-2-4-6-5-3-1/h5-7H,4H2,1-3H3;2-6H,1H3;1-6H. The first kappa shape index (κ1) is 18.7. The number of rotatable bonds is 1. The van der Waals surface area contributed by atoms with Crippen molar-refractivity contribution in [2.24, 2.45) is 0 Å². The predicted molar refractivity (Wildman–Crippen MR) is 103 cm³/mol. The molecule has 120 valence electrons. The van der Waals surface area contributed by atoms with E-state index in [1.165, 1.54) is 22.3 Å². The van der Waals surface area contributed by atoms with Gasteiger partial charge >= 0.3 is 0 Å². The van der Waals surface area contributed by atoms with Crippen LogP contribution in [0, 0.1) is 20.8 Å². The lowest BCUT2D eigenvalue weighted by Crippen LogP contribution is -1.88. The third kappa shape index (κ3) is 8.01. The van der Waals surface area contributed by atoms with Crippen LogP contribution in [0.25, 0.3) is 0 Å². The van der Waals surface area contributed by atoms with Crippen molar-refractivity contribution in [2.45, 2.75) is 34.1 Å². The highest BCUT2D eigenvalue weighted by Crippen LogP contribution is 2.12. The van der Waals surface area contributed by atoms with E-state index in [1.807, 2.05) is 54.6 Å². The average Bonchev–Trinajstić information content (AvgIpc) is 2.61. The summed E-state index contributed by atoms with van der Waals surface area (Å²) in [5, 5.41) is 0. The van der Waals surface area contributed by atoms with E-state index in [9.17, 15) is 0 Å². The van der Waals surface area contributed by atoms with Gasteiger partial charge in [0, 0.05) is 0 Å². The van der Waals surface area contributed by atoms with Gasteiger partial charge in [-0.15, -0.1) is 0 Å². The Hall–Kier alpha value is -2.34. The van der Waals surface area contributed by atoms with Crippen LogP contribution in [0.4, 0.5) is 0 Å². The van der Waals surface area contributed by atoms with E-state index in [-0.39, 0.29) is 0 Å². The maximum atomic E-state index is 2.20. The van der Waals surface area contributed by atoms with Gasteiger partial charge in [-0.1, -0.05) is 97.4 Å². The molecule has 0 N–H and O–H groups in total.